The first-order valence-corrected chi connectivity index (χ1v) is 7.29. The second-order valence-electron chi connectivity index (χ2n) is 5.27. The molecule has 0 spiro atoms. The highest BCUT2D eigenvalue weighted by molar-refractivity contribution is 5.72. The van der Waals surface area contributed by atoms with E-state index in [2.05, 4.69) is 27.3 Å². The van der Waals surface area contributed by atoms with E-state index in [-0.39, 0.29) is 11.9 Å². The Hall–Kier alpha value is -1.50. The van der Waals surface area contributed by atoms with Crippen molar-refractivity contribution in [1.82, 2.24) is 25.1 Å². The average Bonchev–Trinajstić information content (AvgIpc) is 2.91. The number of unbranched alkanes of at least 4 members (excludes halogenated alkanes) is 1. The van der Waals surface area contributed by atoms with Crippen molar-refractivity contribution in [3.8, 4) is 0 Å². The van der Waals surface area contributed by atoms with Gasteiger partial charge in [0.05, 0.1) is 19.6 Å². The summed E-state index contributed by atoms with van der Waals surface area (Å²) in [5, 5.41) is 11.9. The van der Waals surface area contributed by atoms with Crippen molar-refractivity contribution >= 4 is 5.97 Å². The Balaban J connectivity index is 1.92. The molecular weight excluding hydrogens is 258 g/mol. The second-order valence-corrected chi connectivity index (χ2v) is 5.27. The number of piperidine rings is 1. The molecule has 0 bridgehead atoms. The molecule has 1 saturated heterocycles. The molecule has 1 aromatic heterocycles. The standard InChI is InChI=1S/C13H23N5O2/c1-3-4-8-18-12(14-15-16-18)10-17-7-5-6-11(9-17)13(19)20-2/h11H,3-10H2,1-2H3/t11-/m0/s1. The molecule has 1 fully saturated rings. The molecule has 0 aromatic carbocycles. The van der Waals surface area contributed by atoms with Gasteiger partial charge in [-0.3, -0.25) is 9.69 Å². The van der Waals surface area contributed by atoms with Gasteiger partial charge in [-0.15, -0.1) is 5.10 Å². The first kappa shape index (κ1) is 14.9. The van der Waals surface area contributed by atoms with Crippen LogP contribution in [0.5, 0.6) is 0 Å². The topological polar surface area (TPSA) is 73.1 Å². The minimum atomic E-state index is -0.111. The second kappa shape index (κ2) is 7.33. The summed E-state index contributed by atoms with van der Waals surface area (Å²) in [7, 11) is 1.45. The van der Waals surface area contributed by atoms with Gasteiger partial charge in [0.2, 0.25) is 0 Å². The Morgan fingerprint density at radius 1 is 1.50 bits per heavy atom. The molecule has 0 aliphatic carbocycles. The number of esters is 1. The first-order chi connectivity index (χ1) is 9.74. The van der Waals surface area contributed by atoms with Gasteiger partial charge in [0.15, 0.2) is 5.82 Å². The van der Waals surface area contributed by atoms with Crippen LogP contribution in [0.3, 0.4) is 0 Å². The normalized spacial score (nSPS) is 20.0. The molecule has 7 heteroatoms. The lowest BCUT2D eigenvalue weighted by atomic mass is 9.98. The average molecular weight is 281 g/mol. The minimum absolute atomic E-state index is 0.0197. The molecule has 0 unspecified atom stereocenters. The number of likely N-dealkylation sites (tertiary alicyclic amines) is 1. The summed E-state index contributed by atoms with van der Waals surface area (Å²) in [4.78, 5) is 13.9. The van der Waals surface area contributed by atoms with Crippen LogP contribution in [0.1, 0.15) is 38.4 Å². The maximum Gasteiger partial charge on any atom is 0.309 e. The first-order valence-electron chi connectivity index (χ1n) is 7.29. The molecule has 1 aromatic rings. The van der Waals surface area contributed by atoms with Gasteiger partial charge in [0.1, 0.15) is 0 Å². The van der Waals surface area contributed by atoms with Crippen LogP contribution in [0.15, 0.2) is 0 Å². The highest BCUT2D eigenvalue weighted by Crippen LogP contribution is 2.19. The molecule has 2 heterocycles. The van der Waals surface area contributed by atoms with Crippen molar-refractivity contribution in [3.63, 3.8) is 0 Å². The van der Waals surface area contributed by atoms with E-state index in [4.69, 9.17) is 4.74 Å². The number of methoxy groups -OCH3 is 1. The summed E-state index contributed by atoms with van der Waals surface area (Å²) in [6.45, 7) is 5.41. The lowest BCUT2D eigenvalue weighted by molar-refractivity contribution is -0.147. The molecule has 0 radical (unpaired) electrons. The van der Waals surface area contributed by atoms with Crippen LogP contribution in [-0.4, -0.2) is 51.3 Å². The Kier molecular flexibility index (Phi) is 5.46. The highest BCUT2D eigenvalue weighted by Gasteiger charge is 2.27. The van der Waals surface area contributed by atoms with E-state index in [1.54, 1.807) is 0 Å². The van der Waals surface area contributed by atoms with Crippen molar-refractivity contribution < 1.29 is 9.53 Å². The summed E-state index contributed by atoms with van der Waals surface area (Å²) < 4.78 is 6.71. The quantitative estimate of drug-likeness (QED) is 0.720. The molecular formula is C13H23N5O2. The Morgan fingerprint density at radius 3 is 3.10 bits per heavy atom. The predicted octanol–water partition coefficient (Wildman–Crippen LogP) is 0.858. The van der Waals surface area contributed by atoms with Gasteiger partial charge in [-0.1, -0.05) is 13.3 Å². The molecule has 1 atom stereocenters. The van der Waals surface area contributed by atoms with Crippen molar-refractivity contribution in [1.29, 1.82) is 0 Å². The summed E-state index contributed by atoms with van der Waals surface area (Å²) in [6, 6.07) is 0. The third-order valence-electron chi connectivity index (χ3n) is 3.73. The van der Waals surface area contributed by atoms with Crippen LogP contribution in [0.4, 0.5) is 0 Å². The van der Waals surface area contributed by atoms with Gasteiger partial charge in [0, 0.05) is 13.1 Å². The van der Waals surface area contributed by atoms with Crippen LogP contribution >= 0.6 is 0 Å². The number of aromatic nitrogens is 4. The fourth-order valence-corrected chi connectivity index (χ4v) is 2.58. The zero-order valence-electron chi connectivity index (χ0n) is 12.3. The van der Waals surface area contributed by atoms with E-state index in [0.29, 0.717) is 6.54 Å². The number of nitrogens with zero attached hydrogens (tertiary/aromatic N) is 5. The van der Waals surface area contributed by atoms with Gasteiger partial charge in [0.25, 0.3) is 0 Å². The lowest BCUT2D eigenvalue weighted by Crippen LogP contribution is -2.39. The third-order valence-corrected chi connectivity index (χ3v) is 3.73. The molecule has 112 valence electrons. The number of tetrazole rings is 1. The third kappa shape index (κ3) is 3.75. The molecule has 0 amide bonds. The largest absolute Gasteiger partial charge is 0.469 e. The van der Waals surface area contributed by atoms with E-state index < -0.39 is 0 Å². The number of hydrogen-bond donors (Lipinski definition) is 0. The highest BCUT2D eigenvalue weighted by atomic mass is 16.5. The van der Waals surface area contributed by atoms with Crippen molar-refractivity contribution in [2.45, 2.75) is 45.7 Å². The number of rotatable bonds is 6. The number of ether oxygens (including phenoxy) is 1. The van der Waals surface area contributed by atoms with Crippen molar-refractivity contribution in [2.75, 3.05) is 20.2 Å². The maximum absolute atomic E-state index is 11.6. The molecule has 0 N–H and O–H groups in total. The summed E-state index contributed by atoms with van der Waals surface area (Å²) in [5.41, 5.74) is 0. The Bertz CT molecular complexity index is 434. The SMILES string of the molecule is CCCCn1nnnc1CN1CCC[C@H](C(=O)OC)C1. The number of carbonyl (C=O) groups excluding carboxylic acids is 1. The zero-order valence-corrected chi connectivity index (χ0v) is 12.3. The summed E-state index contributed by atoms with van der Waals surface area (Å²) in [6.07, 6.45) is 4.11. The predicted molar refractivity (Wildman–Crippen MR) is 72.7 cm³/mol. The molecule has 20 heavy (non-hydrogen) atoms. The van der Waals surface area contributed by atoms with E-state index in [9.17, 15) is 4.79 Å². The Labute approximate surface area is 119 Å². The van der Waals surface area contributed by atoms with Gasteiger partial charge in [-0.25, -0.2) is 4.68 Å². The van der Waals surface area contributed by atoms with Crippen LogP contribution in [-0.2, 0) is 22.6 Å². The molecule has 2 rings (SSSR count). The summed E-state index contributed by atoms with van der Waals surface area (Å²) in [5.74, 6) is 0.748. The van der Waals surface area contributed by atoms with E-state index in [1.165, 1.54) is 7.11 Å². The number of aryl methyl sites for hydroxylation is 1. The van der Waals surface area contributed by atoms with Gasteiger partial charge in [-0.2, -0.15) is 0 Å². The summed E-state index contributed by atoms with van der Waals surface area (Å²) >= 11 is 0. The minimum Gasteiger partial charge on any atom is -0.469 e. The van der Waals surface area contributed by atoms with Crippen molar-refractivity contribution in [3.05, 3.63) is 5.82 Å². The van der Waals surface area contributed by atoms with Crippen LogP contribution in [0.2, 0.25) is 0 Å². The van der Waals surface area contributed by atoms with Crippen LogP contribution in [0.25, 0.3) is 0 Å². The molecule has 7 nitrogen and oxygen atoms in total. The monoisotopic (exact) mass is 281 g/mol. The molecule has 1 aliphatic heterocycles. The van der Waals surface area contributed by atoms with Gasteiger partial charge >= 0.3 is 5.97 Å². The van der Waals surface area contributed by atoms with E-state index in [0.717, 1.165) is 51.1 Å². The fraction of sp³-hybridized carbons (Fsp3) is 0.846. The molecule has 0 saturated carbocycles. The van der Waals surface area contributed by atoms with Crippen LogP contribution in [0, 0.1) is 5.92 Å². The zero-order chi connectivity index (χ0) is 14.4. The lowest BCUT2D eigenvalue weighted by Gasteiger charge is -2.30. The Morgan fingerprint density at radius 2 is 2.35 bits per heavy atom. The van der Waals surface area contributed by atoms with Gasteiger partial charge < -0.3 is 4.74 Å². The molecule has 1 aliphatic rings. The van der Waals surface area contributed by atoms with E-state index in [1.807, 2.05) is 4.68 Å². The van der Waals surface area contributed by atoms with E-state index >= 15 is 0 Å². The number of hydrogen-bond acceptors (Lipinski definition) is 6. The maximum atomic E-state index is 11.6. The van der Waals surface area contributed by atoms with Crippen molar-refractivity contribution in [2.24, 2.45) is 5.92 Å². The van der Waals surface area contributed by atoms with Gasteiger partial charge in [-0.05, 0) is 36.2 Å². The smallest absolute Gasteiger partial charge is 0.309 e. The van der Waals surface area contributed by atoms with Crippen LogP contribution < -0.4 is 0 Å². The fourth-order valence-electron chi connectivity index (χ4n) is 2.58. The number of carbonyl (C=O) groups is 1.